The molecule has 2 rings (SSSR count). The number of amides is 5. The molecule has 5 amide bonds. The van der Waals surface area contributed by atoms with Crippen molar-refractivity contribution in [2.75, 3.05) is 20.2 Å². The minimum atomic E-state index is -0.770. The maximum Gasteiger partial charge on any atom is 0.321 e. The van der Waals surface area contributed by atoms with Gasteiger partial charge in [0.2, 0.25) is 11.8 Å². The van der Waals surface area contributed by atoms with Gasteiger partial charge in [-0.1, -0.05) is 12.2 Å². The monoisotopic (exact) mass is 337 g/mol. The van der Waals surface area contributed by atoms with Crippen molar-refractivity contribution in [3.8, 4) is 0 Å². The Balaban J connectivity index is 1.76. The second-order valence-electron chi connectivity index (χ2n) is 5.52. The number of nitrogens with one attached hydrogen (secondary N) is 2. The second kappa shape index (κ2) is 7.71. The van der Waals surface area contributed by atoms with Crippen LogP contribution in [0.5, 0.6) is 0 Å². The highest BCUT2D eigenvalue weighted by Gasteiger charge is 2.46. The third-order valence-electron chi connectivity index (χ3n) is 3.98. The van der Waals surface area contributed by atoms with Crippen molar-refractivity contribution in [3.63, 3.8) is 0 Å². The van der Waals surface area contributed by atoms with E-state index in [1.807, 2.05) is 17.5 Å². The van der Waals surface area contributed by atoms with Gasteiger partial charge in [0.1, 0.15) is 0 Å². The van der Waals surface area contributed by atoms with Crippen molar-refractivity contribution in [1.29, 1.82) is 0 Å². The van der Waals surface area contributed by atoms with Gasteiger partial charge in [-0.15, -0.1) is 0 Å². The Morgan fingerprint density at radius 3 is 2.29 bits per heavy atom. The molecule has 0 bridgehead atoms. The zero-order valence-electron chi connectivity index (χ0n) is 13.2. The van der Waals surface area contributed by atoms with Gasteiger partial charge in [0.05, 0.1) is 18.3 Å². The van der Waals surface area contributed by atoms with Crippen LogP contribution < -0.4 is 10.6 Å². The number of imide groups is 2. The number of urea groups is 1. The van der Waals surface area contributed by atoms with E-state index in [-0.39, 0.29) is 36.6 Å². The lowest BCUT2D eigenvalue weighted by Gasteiger charge is -2.14. The van der Waals surface area contributed by atoms with Crippen LogP contribution in [-0.2, 0) is 23.9 Å². The summed E-state index contributed by atoms with van der Waals surface area (Å²) < 4.78 is 4.71. The van der Waals surface area contributed by atoms with Gasteiger partial charge >= 0.3 is 12.0 Å². The number of hydrogen-bond donors (Lipinski definition) is 2. The number of nitrogens with zero attached hydrogens (tertiary/aromatic N) is 1. The summed E-state index contributed by atoms with van der Waals surface area (Å²) in [6.07, 6.45) is 4.65. The molecule has 9 nitrogen and oxygen atoms in total. The van der Waals surface area contributed by atoms with Gasteiger partial charge in [0.15, 0.2) is 6.61 Å². The average Bonchev–Trinajstić information content (AvgIpc) is 2.82. The van der Waals surface area contributed by atoms with Crippen molar-refractivity contribution in [1.82, 2.24) is 15.5 Å². The molecule has 1 saturated heterocycles. The van der Waals surface area contributed by atoms with Crippen LogP contribution in [0, 0.1) is 11.8 Å². The fraction of sp³-hybridized carbons (Fsp3) is 0.533. The quantitative estimate of drug-likeness (QED) is 0.390. The Morgan fingerprint density at radius 2 is 1.75 bits per heavy atom. The molecule has 1 fully saturated rings. The van der Waals surface area contributed by atoms with Gasteiger partial charge in [0.25, 0.3) is 5.91 Å². The summed E-state index contributed by atoms with van der Waals surface area (Å²) in [4.78, 5) is 59.3. The van der Waals surface area contributed by atoms with Crippen LogP contribution in [0.25, 0.3) is 0 Å². The summed E-state index contributed by atoms with van der Waals surface area (Å²) in [5.74, 6) is -2.70. The van der Waals surface area contributed by atoms with E-state index >= 15 is 0 Å². The fourth-order valence-electron chi connectivity index (χ4n) is 2.74. The van der Waals surface area contributed by atoms with E-state index in [0.717, 1.165) is 4.90 Å². The van der Waals surface area contributed by atoms with Crippen molar-refractivity contribution in [3.05, 3.63) is 12.2 Å². The molecule has 0 aromatic heterocycles. The lowest BCUT2D eigenvalue weighted by molar-refractivity contribution is -0.149. The van der Waals surface area contributed by atoms with Gasteiger partial charge in [-0.05, 0) is 12.8 Å². The third kappa shape index (κ3) is 3.98. The highest BCUT2D eigenvalue weighted by Crippen LogP contribution is 2.34. The van der Waals surface area contributed by atoms with Crippen LogP contribution in [0.4, 0.5) is 4.79 Å². The third-order valence-corrected chi connectivity index (χ3v) is 3.98. The van der Waals surface area contributed by atoms with E-state index in [1.165, 1.54) is 7.05 Å². The molecule has 24 heavy (non-hydrogen) atoms. The number of esters is 1. The minimum absolute atomic E-state index is 0.0689. The number of carbonyl (C=O) groups is 5. The van der Waals surface area contributed by atoms with Gasteiger partial charge in [-0.3, -0.25) is 29.4 Å². The van der Waals surface area contributed by atoms with Gasteiger partial charge in [0, 0.05) is 13.6 Å². The van der Waals surface area contributed by atoms with Crippen molar-refractivity contribution in [2.45, 2.75) is 19.3 Å². The molecule has 2 atom stereocenters. The minimum Gasteiger partial charge on any atom is -0.456 e. The molecule has 0 aromatic carbocycles. The first-order chi connectivity index (χ1) is 11.4. The summed E-state index contributed by atoms with van der Waals surface area (Å²) in [5, 5.41) is 4.12. The first-order valence-electron chi connectivity index (χ1n) is 7.61. The normalized spacial score (nSPS) is 22.1. The predicted molar refractivity (Wildman–Crippen MR) is 80.2 cm³/mol. The van der Waals surface area contributed by atoms with E-state index in [0.29, 0.717) is 12.8 Å². The molecule has 0 saturated carbocycles. The molecule has 1 aliphatic carbocycles. The smallest absolute Gasteiger partial charge is 0.321 e. The highest BCUT2D eigenvalue weighted by atomic mass is 16.5. The van der Waals surface area contributed by atoms with E-state index in [9.17, 15) is 24.0 Å². The second-order valence-corrected chi connectivity index (χ2v) is 5.52. The first kappa shape index (κ1) is 17.6. The molecule has 9 heteroatoms. The molecule has 130 valence electrons. The molecule has 0 spiro atoms. The fourth-order valence-corrected chi connectivity index (χ4v) is 2.74. The Labute approximate surface area is 138 Å². The molecule has 0 unspecified atom stereocenters. The van der Waals surface area contributed by atoms with E-state index in [1.54, 1.807) is 0 Å². The number of carbonyl (C=O) groups excluding carboxylic acids is 5. The van der Waals surface area contributed by atoms with E-state index < -0.39 is 24.5 Å². The van der Waals surface area contributed by atoms with Crippen molar-refractivity contribution < 1.29 is 28.7 Å². The number of hydrogen-bond acceptors (Lipinski definition) is 6. The largest absolute Gasteiger partial charge is 0.456 e. The molecule has 2 N–H and O–H groups in total. The van der Waals surface area contributed by atoms with Crippen LogP contribution in [0.3, 0.4) is 0 Å². The Kier molecular flexibility index (Phi) is 5.67. The summed E-state index contributed by atoms with van der Waals surface area (Å²) in [6, 6.07) is -0.708. The zero-order chi connectivity index (χ0) is 17.7. The summed E-state index contributed by atoms with van der Waals surface area (Å²) >= 11 is 0. The van der Waals surface area contributed by atoms with Crippen molar-refractivity contribution >= 4 is 29.7 Å². The molecule has 0 aromatic rings. The standard InChI is InChI=1S/C15H19N3O6/c1-16-15(23)17-11(19)8-24-12(20)6-7-18-13(21)9-4-2-3-5-10(9)14(18)22/h2-3,9-10H,4-8H2,1H3,(H2,16,17,19,23)/t9-,10-/m1/s1. The van der Waals surface area contributed by atoms with Crippen molar-refractivity contribution in [2.24, 2.45) is 11.8 Å². The zero-order valence-corrected chi connectivity index (χ0v) is 13.2. The van der Waals surface area contributed by atoms with Crippen LogP contribution in [0.2, 0.25) is 0 Å². The number of rotatable bonds is 5. The lowest BCUT2D eigenvalue weighted by atomic mass is 9.85. The average molecular weight is 337 g/mol. The summed E-state index contributed by atoms with van der Waals surface area (Å²) in [6.45, 7) is -0.677. The van der Waals surface area contributed by atoms with Gasteiger partial charge in [-0.25, -0.2) is 4.79 Å². The summed E-state index contributed by atoms with van der Waals surface area (Å²) in [5.41, 5.74) is 0. The van der Waals surface area contributed by atoms with E-state index in [4.69, 9.17) is 4.74 Å². The molecule has 0 radical (unpaired) electrons. The van der Waals surface area contributed by atoms with Gasteiger partial charge in [-0.2, -0.15) is 0 Å². The predicted octanol–water partition coefficient (Wildman–Crippen LogP) is -0.673. The topological polar surface area (TPSA) is 122 Å². The molecule has 1 heterocycles. The van der Waals surface area contributed by atoms with Crippen LogP contribution in [0.1, 0.15) is 19.3 Å². The van der Waals surface area contributed by atoms with Crippen LogP contribution >= 0.6 is 0 Å². The van der Waals surface area contributed by atoms with Crippen LogP contribution in [0.15, 0.2) is 12.2 Å². The SMILES string of the molecule is CNC(=O)NC(=O)COC(=O)CCN1C(=O)[C@@H]2CC=CC[C@H]2C1=O. The molecule has 1 aliphatic heterocycles. The number of allylic oxidation sites excluding steroid dienone is 2. The number of fused-ring (bicyclic) bond motifs is 1. The molecular formula is C15H19N3O6. The highest BCUT2D eigenvalue weighted by molar-refractivity contribution is 6.05. The maximum absolute atomic E-state index is 12.2. The first-order valence-corrected chi connectivity index (χ1v) is 7.61. The maximum atomic E-state index is 12.2. The number of ether oxygens (including phenoxy) is 1. The number of likely N-dealkylation sites (tertiary alicyclic amines) is 1. The molecule has 2 aliphatic rings. The van der Waals surface area contributed by atoms with E-state index in [2.05, 4.69) is 5.32 Å². The Morgan fingerprint density at radius 1 is 1.17 bits per heavy atom. The van der Waals surface area contributed by atoms with Gasteiger partial charge < -0.3 is 10.1 Å². The lowest BCUT2D eigenvalue weighted by Crippen LogP contribution is -2.40. The van der Waals surface area contributed by atoms with Crippen LogP contribution in [-0.4, -0.2) is 54.8 Å². The Bertz CT molecular complexity index is 574. The molecular weight excluding hydrogens is 318 g/mol. The Hall–Kier alpha value is -2.71. The summed E-state index contributed by atoms with van der Waals surface area (Å²) in [7, 11) is 1.34.